The predicted molar refractivity (Wildman–Crippen MR) is 128 cm³/mol. The van der Waals surface area contributed by atoms with E-state index in [2.05, 4.69) is 24.0 Å². The largest absolute Gasteiger partial charge is 0.383 e. The standard InChI is InChI=1S/C25H29N3O3S/c1-17-13-28(25(29)27-23(17)26)24-22(31-15-20-11-7-4-8-12-20)18(2)21(32-24)16-30-14-19-9-5-3-6-10-19/h3-13,18,21-22,24H,14-16H2,1-2H3,(H2,26,27,29)/t18-,21+,22?,24?/m0/s1. The molecule has 4 atom stereocenters. The van der Waals surface area contributed by atoms with Gasteiger partial charge in [0.15, 0.2) is 0 Å². The van der Waals surface area contributed by atoms with Crippen LogP contribution in [-0.4, -0.2) is 27.5 Å². The third kappa shape index (κ3) is 5.23. The van der Waals surface area contributed by atoms with E-state index in [0.717, 1.165) is 16.7 Å². The number of rotatable bonds is 8. The van der Waals surface area contributed by atoms with E-state index >= 15 is 0 Å². The number of benzene rings is 2. The van der Waals surface area contributed by atoms with Gasteiger partial charge in [0.05, 0.1) is 25.9 Å². The molecule has 2 heterocycles. The van der Waals surface area contributed by atoms with Crippen molar-refractivity contribution in [1.82, 2.24) is 9.55 Å². The average molecular weight is 452 g/mol. The Morgan fingerprint density at radius 3 is 2.31 bits per heavy atom. The lowest BCUT2D eigenvalue weighted by Gasteiger charge is -2.24. The van der Waals surface area contributed by atoms with Gasteiger partial charge in [-0.05, 0) is 24.0 Å². The predicted octanol–water partition coefficient (Wildman–Crippen LogP) is 4.19. The molecule has 32 heavy (non-hydrogen) atoms. The zero-order valence-electron chi connectivity index (χ0n) is 18.4. The fourth-order valence-corrected chi connectivity index (χ4v) is 5.59. The third-order valence-corrected chi connectivity index (χ3v) is 7.52. The van der Waals surface area contributed by atoms with Crippen molar-refractivity contribution in [3.63, 3.8) is 0 Å². The second-order valence-electron chi connectivity index (χ2n) is 8.19. The molecule has 0 saturated carbocycles. The van der Waals surface area contributed by atoms with Crippen LogP contribution in [0.5, 0.6) is 0 Å². The van der Waals surface area contributed by atoms with Gasteiger partial charge in [-0.15, -0.1) is 11.8 Å². The molecule has 3 aromatic rings. The number of anilines is 1. The van der Waals surface area contributed by atoms with Crippen molar-refractivity contribution in [2.24, 2.45) is 5.92 Å². The molecule has 1 aliphatic heterocycles. The van der Waals surface area contributed by atoms with Crippen molar-refractivity contribution in [3.8, 4) is 0 Å². The summed E-state index contributed by atoms with van der Waals surface area (Å²) < 4.78 is 14.1. The van der Waals surface area contributed by atoms with Crippen LogP contribution in [0.4, 0.5) is 5.82 Å². The van der Waals surface area contributed by atoms with Gasteiger partial charge in [0.2, 0.25) is 0 Å². The topological polar surface area (TPSA) is 79.4 Å². The van der Waals surface area contributed by atoms with E-state index in [1.54, 1.807) is 22.5 Å². The molecule has 1 saturated heterocycles. The van der Waals surface area contributed by atoms with Gasteiger partial charge in [0, 0.05) is 17.0 Å². The Hall–Kier alpha value is -2.61. The van der Waals surface area contributed by atoms with Crippen LogP contribution in [0.15, 0.2) is 71.7 Å². The van der Waals surface area contributed by atoms with E-state index in [9.17, 15) is 4.79 Å². The summed E-state index contributed by atoms with van der Waals surface area (Å²) in [5, 5.41) is -0.00687. The van der Waals surface area contributed by atoms with Gasteiger partial charge < -0.3 is 15.2 Å². The third-order valence-electron chi connectivity index (χ3n) is 5.83. The van der Waals surface area contributed by atoms with E-state index in [-0.39, 0.29) is 34.2 Å². The molecule has 168 valence electrons. The van der Waals surface area contributed by atoms with E-state index in [4.69, 9.17) is 15.2 Å². The highest BCUT2D eigenvalue weighted by atomic mass is 32.2. The highest BCUT2D eigenvalue weighted by molar-refractivity contribution is 8.00. The Kier molecular flexibility index (Phi) is 7.29. The van der Waals surface area contributed by atoms with Crippen molar-refractivity contribution in [2.75, 3.05) is 12.3 Å². The Labute approximate surface area is 192 Å². The minimum atomic E-state index is -0.350. The molecule has 0 bridgehead atoms. The Morgan fingerprint density at radius 2 is 1.66 bits per heavy atom. The van der Waals surface area contributed by atoms with Crippen LogP contribution in [0.25, 0.3) is 0 Å². The van der Waals surface area contributed by atoms with Crippen LogP contribution in [0.3, 0.4) is 0 Å². The van der Waals surface area contributed by atoms with Gasteiger partial charge in [0.25, 0.3) is 0 Å². The van der Waals surface area contributed by atoms with Gasteiger partial charge >= 0.3 is 5.69 Å². The molecule has 2 unspecified atom stereocenters. The maximum absolute atomic E-state index is 12.7. The molecule has 6 nitrogen and oxygen atoms in total. The van der Waals surface area contributed by atoms with Crippen molar-refractivity contribution >= 4 is 17.6 Å². The van der Waals surface area contributed by atoms with Crippen LogP contribution < -0.4 is 11.4 Å². The first-order valence-corrected chi connectivity index (χ1v) is 11.7. The second kappa shape index (κ2) is 10.3. The molecule has 0 radical (unpaired) electrons. The summed E-state index contributed by atoms with van der Waals surface area (Å²) in [4.78, 5) is 16.7. The van der Waals surface area contributed by atoms with Gasteiger partial charge in [0.1, 0.15) is 11.2 Å². The number of nitrogen functional groups attached to an aromatic ring is 1. The summed E-state index contributed by atoms with van der Waals surface area (Å²) in [5.74, 6) is 0.459. The van der Waals surface area contributed by atoms with Crippen molar-refractivity contribution in [2.45, 2.75) is 43.8 Å². The van der Waals surface area contributed by atoms with E-state index in [0.29, 0.717) is 19.8 Å². The first kappa shape index (κ1) is 22.6. The molecule has 0 aliphatic carbocycles. The summed E-state index contributed by atoms with van der Waals surface area (Å²) in [5.41, 5.74) is 8.53. The van der Waals surface area contributed by atoms with Crippen molar-refractivity contribution in [1.29, 1.82) is 0 Å². The van der Waals surface area contributed by atoms with Gasteiger partial charge in [-0.2, -0.15) is 4.98 Å². The van der Waals surface area contributed by atoms with Crippen LogP contribution in [0.1, 0.15) is 29.0 Å². The molecule has 0 amide bonds. The van der Waals surface area contributed by atoms with E-state index in [1.165, 1.54) is 0 Å². The number of nitrogens with two attached hydrogens (primary N) is 1. The number of hydrogen-bond donors (Lipinski definition) is 1. The fraction of sp³-hybridized carbons (Fsp3) is 0.360. The molecule has 1 aliphatic rings. The lowest BCUT2D eigenvalue weighted by molar-refractivity contribution is -0.00736. The maximum atomic E-state index is 12.7. The fourth-order valence-electron chi connectivity index (χ4n) is 3.90. The first-order valence-electron chi connectivity index (χ1n) is 10.8. The SMILES string of the molecule is Cc1cn(C2S[C@H](COCc3ccccc3)[C@H](C)C2OCc2ccccc2)c(=O)nc1N. The minimum Gasteiger partial charge on any atom is -0.383 e. The zero-order chi connectivity index (χ0) is 22.5. The highest BCUT2D eigenvalue weighted by Gasteiger charge is 2.44. The normalized spacial score (nSPS) is 22.8. The van der Waals surface area contributed by atoms with Gasteiger partial charge in [-0.3, -0.25) is 4.57 Å². The van der Waals surface area contributed by atoms with Gasteiger partial charge in [-0.25, -0.2) is 4.79 Å². The van der Waals surface area contributed by atoms with Gasteiger partial charge in [-0.1, -0.05) is 67.6 Å². The molecular weight excluding hydrogens is 422 g/mol. The molecule has 2 aromatic carbocycles. The smallest absolute Gasteiger partial charge is 0.350 e. The molecular formula is C25H29N3O3S. The van der Waals surface area contributed by atoms with E-state index < -0.39 is 0 Å². The van der Waals surface area contributed by atoms with Crippen LogP contribution >= 0.6 is 11.8 Å². The molecule has 4 rings (SSSR count). The number of ether oxygens (including phenoxy) is 2. The van der Waals surface area contributed by atoms with Crippen molar-refractivity contribution in [3.05, 3.63) is 94.0 Å². The van der Waals surface area contributed by atoms with Crippen molar-refractivity contribution < 1.29 is 9.47 Å². The number of thioether (sulfide) groups is 1. The Balaban J connectivity index is 1.51. The lowest BCUT2D eigenvalue weighted by Crippen LogP contribution is -2.34. The monoisotopic (exact) mass is 451 g/mol. The molecule has 7 heteroatoms. The number of aryl methyl sites for hydroxylation is 1. The summed E-state index contributed by atoms with van der Waals surface area (Å²) >= 11 is 1.71. The highest BCUT2D eigenvalue weighted by Crippen LogP contribution is 2.47. The molecule has 1 aromatic heterocycles. The number of nitrogens with zero attached hydrogens (tertiary/aromatic N) is 2. The quantitative estimate of drug-likeness (QED) is 0.553. The molecule has 1 fully saturated rings. The number of aromatic nitrogens is 2. The average Bonchev–Trinajstić information content (AvgIpc) is 3.11. The molecule has 0 spiro atoms. The lowest BCUT2D eigenvalue weighted by atomic mass is 10.0. The summed E-state index contributed by atoms with van der Waals surface area (Å²) in [7, 11) is 0. The first-order chi connectivity index (χ1) is 15.5. The molecule has 2 N–H and O–H groups in total. The second-order valence-corrected chi connectivity index (χ2v) is 9.55. The maximum Gasteiger partial charge on any atom is 0.350 e. The van der Waals surface area contributed by atoms with Crippen LogP contribution in [-0.2, 0) is 22.7 Å². The van der Waals surface area contributed by atoms with Crippen LogP contribution in [0.2, 0.25) is 0 Å². The Morgan fingerprint density at radius 1 is 1.03 bits per heavy atom. The van der Waals surface area contributed by atoms with E-state index in [1.807, 2.05) is 55.5 Å². The number of hydrogen-bond acceptors (Lipinski definition) is 6. The zero-order valence-corrected chi connectivity index (χ0v) is 19.2. The Bertz CT molecular complexity index is 1070. The summed E-state index contributed by atoms with van der Waals surface area (Å²) in [6, 6.07) is 20.2. The summed E-state index contributed by atoms with van der Waals surface area (Å²) in [6.45, 7) is 5.66. The summed E-state index contributed by atoms with van der Waals surface area (Å²) in [6.07, 6.45) is 1.63. The van der Waals surface area contributed by atoms with Crippen LogP contribution in [0, 0.1) is 12.8 Å². The minimum absolute atomic E-state index is 0.159.